The van der Waals surface area contributed by atoms with Crippen molar-refractivity contribution in [2.45, 2.75) is 38.6 Å². The van der Waals surface area contributed by atoms with Gasteiger partial charge in [-0.3, -0.25) is 0 Å². The van der Waals surface area contributed by atoms with Crippen molar-refractivity contribution < 1.29 is 0 Å². The predicted octanol–water partition coefficient (Wildman–Crippen LogP) is 1.54. The molecular weight excluding hydrogens is 122 g/mol. The minimum Gasteiger partial charge on any atom is -0.313 e. The van der Waals surface area contributed by atoms with Crippen LogP contribution >= 0.6 is 0 Å². The maximum absolute atomic E-state index is 3.45. The Balaban J connectivity index is 2.17. The van der Waals surface area contributed by atoms with E-state index in [9.17, 15) is 0 Å². The van der Waals surface area contributed by atoms with Crippen molar-refractivity contribution in [1.82, 2.24) is 5.32 Å². The highest BCUT2D eigenvalue weighted by molar-refractivity contribution is 4.98. The first-order valence-electron chi connectivity index (χ1n) is 4.06. The Hall–Kier alpha value is -0.480. The Bertz CT molecular complexity index is 135. The smallest absolute Gasteiger partial charge is 0.0243 e. The van der Waals surface area contributed by atoms with Gasteiger partial charge in [0, 0.05) is 12.5 Å². The molecule has 1 fully saturated rings. The maximum atomic E-state index is 3.45. The maximum Gasteiger partial charge on any atom is 0.0243 e. The average Bonchev–Trinajstić information content (AvgIpc) is 2.03. The molecule has 1 heterocycles. The first-order valence-corrected chi connectivity index (χ1v) is 4.06. The van der Waals surface area contributed by atoms with Gasteiger partial charge in [-0.2, -0.15) is 0 Å². The fourth-order valence-corrected chi connectivity index (χ4v) is 1.32. The normalized spacial score (nSPS) is 25.1. The highest BCUT2D eigenvalue weighted by atomic mass is 14.9. The van der Waals surface area contributed by atoms with Crippen molar-refractivity contribution in [3.63, 3.8) is 0 Å². The van der Waals surface area contributed by atoms with Crippen LogP contribution in [0.5, 0.6) is 0 Å². The van der Waals surface area contributed by atoms with E-state index in [0.29, 0.717) is 6.04 Å². The van der Waals surface area contributed by atoms with Crippen LogP contribution < -0.4 is 5.32 Å². The Morgan fingerprint density at radius 1 is 1.50 bits per heavy atom. The summed E-state index contributed by atoms with van der Waals surface area (Å²) in [5, 5.41) is 3.45. The Kier molecular flexibility index (Phi) is 3.32. The lowest BCUT2D eigenvalue weighted by Crippen LogP contribution is -2.33. The van der Waals surface area contributed by atoms with Crippen LogP contribution in [0.25, 0.3) is 0 Å². The summed E-state index contributed by atoms with van der Waals surface area (Å²) in [5.74, 6) is 6.03. The Labute approximate surface area is 63.2 Å². The number of nitrogens with one attached hydrogen (secondary N) is 1. The molecule has 1 heteroatoms. The summed E-state index contributed by atoms with van der Waals surface area (Å²) in [7, 11) is 0. The van der Waals surface area contributed by atoms with E-state index in [-0.39, 0.29) is 0 Å². The van der Waals surface area contributed by atoms with Crippen LogP contribution in [0.1, 0.15) is 32.6 Å². The van der Waals surface area contributed by atoms with Crippen LogP contribution in [0.2, 0.25) is 0 Å². The summed E-state index contributed by atoms with van der Waals surface area (Å²) in [4.78, 5) is 0. The molecule has 0 aromatic carbocycles. The topological polar surface area (TPSA) is 12.0 Å². The van der Waals surface area contributed by atoms with E-state index >= 15 is 0 Å². The lowest BCUT2D eigenvalue weighted by Gasteiger charge is -2.20. The zero-order valence-corrected chi connectivity index (χ0v) is 6.61. The van der Waals surface area contributed by atoms with Crippen LogP contribution in [0, 0.1) is 11.8 Å². The number of rotatable bonds is 1. The molecule has 56 valence electrons. The number of hydrogen-bond acceptors (Lipinski definition) is 1. The molecule has 0 aromatic rings. The predicted molar refractivity (Wildman–Crippen MR) is 43.7 cm³/mol. The summed E-state index contributed by atoms with van der Waals surface area (Å²) in [6, 6.07) is 0.682. The third-order valence-electron chi connectivity index (χ3n) is 1.94. The van der Waals surface area contributed by atoms with E-state index in [1.165, 1.54) is 25.8 Å². The SMILES string of the molecule is CC#CCC1CCCCN1. The molecular formula is C9H15N. The first-order chi connectivity index (χ1) is 4.93. The van der Waals surface area contributed by atoms with Gasteiger partial charge in [-0.1, -0.05) is 6.42 Å². The first kappa shape index (κ1) is 7.63. The molecule has 0 saturated carbocycles. The van der Waals surface area contributed by atoms with Crippen molar-refractivity contribution in [3.05, 3.63) is 0 Å². The van der Waals surface area contributed by atoms with Crippen LogP contribution in [-0.2, 0) is 0 Å². The van der Waals surface area contributed by atoms with E-state index in [0.717, 1.165) is 6.42 Å². The Morgan fingerprint density at radius 2 is 2.40 bits per heavy atom. The Morgan fingerprint density at radius 3 is 3.00 bits per heavy atom. The molecule has 1 saturated heterocycles. The molecule has 0 amide bonds. The molecule has 0 aliphatic carbocycles. The van der Waals surface area contributed by atoms with E-state index < -0.39 is 0 Å². The molecule has 0 radical (unpaired) electrons. The minimum absolute atomic E-state index is 0.682. The van der Waals surface area contributed by atoms with Gasteiger partial charge in [0.15, 0.2) is 0 Å². The zero-order valence-electron chi connectivity index (χ0n) is 6.61. The molecule has 0 bridgehead atoms. The van der Waals surface area contributed by atoms with E-state index in [4.69, 9.17) is 0 Å². The van der Waals surface area contributed by atoms with Crippen molar-refractivity contribution in [1.29, 1.82) is 0 Å². The van der Waals surface area contributed by atoms with Gasteiger partial charge in [-0.25, -0.2) is 0 Å². The molecule has 1 rings (SSSR count). The lowest BCUT2D eigenvalue weighted by molar-refractivity contribution is 0.407. The second-order valence-corrected chi connectivity index (χ2v) is 2.78. The molecule has 1 atom stereocenters. The van der Waals surface area contributed by atoms with Crippen molar-refractivity contribution in [3.8, 4) is 11.8 Å². The lowest BCUT2D eigenvalue weighted by atomic mass is 10.0. The van der Waals surface area contributed by atoms with E-state index in [1.807, 2.05) is 6.92 Å². The van der Waals surface area contributed by atoms with Crippen molar-refractivity contribution in [2.24, 2.45) is 0 Å². The fraction of sp³-hybridized carbons (Fsp3) is 0.778. The molecule has 1 aliphatic rings. The quantitative estimate of drug-likeness (QED) is 0.541. The van der Waals surface area contributed by atoms with E-state index in [1.54, 1.807) is 0 Å². The molecule has 0 spiro atoms. The fourth-order valence-electron chi connectivity index (χ4n) is 1.32. The van der Waals surface area contributed by atoms with Gasteiger partial charge in [-0.05, 0) is 26.3 Å². The van der Waals surface area contributed by atoms with Gasteiger partial charge >= 0.3 is 0 Å². The van der Waals surface area contributed by atoms with Gasteiger partial charge in [0.25, 0.3) is 0 Å². The summed E-state index contributed by atoms with van der Waals surface area (Å²) in [6.45, 7) is 3.10. The van der Waals surface area contributed by atoms with Gasteiger partial charge < -0.3 is 5.32 Å². The molecule has 0 aromatic heterocycles. The van der Waals surface area contributed by atoms with E-state index in [2.05, 4.69) is 17.2 Å². The number of piperidine rings is 1. The monoisotopic (exact) mass is 137 g/mol. The van der Waals surface area contributed by atoms with Gasteiger partial charge in [-0.15, -0.1) is 11.8 Å². The summed E-state index contributed by atoms with van der Waals surface area (Å²) in [6.07, 6.45) is 5.07. The standard InChI is InChI=1S/C9H15N/c1-2-3-6-9-7-4-5-8-10-9/h9-10H,4-8H2,1H3. The zero-order chi connectivity index (χ0) is 7.23. The van der Waals surface area contributed by atoms with Crippen LogP contribution in [0.4, 0.5) is 0 Å². The molecule has 1 nitrogen and oxygen atoms in total. The summed E-state index contributed by atoms with van der Waals surface area (Å²) >= 11 is 0. The summed E-state index contributed by atoms with van der Waals surface area (Å²) in [5.41, 5.74) is 0. The molecule has 10 heavy (non-hydrogen) atoms. The number of hydrogen-bond donors (Lipinski definition) is 1. The van der Waals surface area contributed by atoms with Gasteiger partial charge in [0.05, 0.1) is 0 Å². The second kappa shape index (κ2) is 4.35. The summed E-state index contributed by atoms with van der Waals surface area (Å²) < 4.78 is 0. The van der Waals surface area contributed by atoms with Crippen LogP contribution in [-0.4, -0.2) is 12.6 Å². The average molecular weight is 137 g/mol. The van der Waals surface area contributed by atoms with Crippen LogP contribution in [0.3, 0.4) is 0 Å². The third-order valence-corrected chi connectivity index (χ3v) is 1.94. The molecule has 1 N–H and O–H groups in total. The molecule has 1 unspecified atom stereocenters. The van der Waals surface area contributed by atoms with Crippen molar-refractivity contribution in [2.75, 3.05) is 6.54 Å². The van der Waals surface area contributed by atoms with Crippen molar-refractivity contribution >= 4 is 0 Å². The molecule has 1 aliphatic heterocycles. The third kappa shape index (κ3) is 2.41. The van der Waals surface area contributed by atoms with Gasteiger partial charge in [0.2, 0.25) is 0 Å². The van der Waals surface area contributed by atoms with Gasteiger partial charge in [0.1, 0.15) is 0 Å². The highest BCUT2D eigenvalue weighted by Crippen LogP contribution is 2.08. The minimum atomic E-state index is 0.682. The van der Waals surface area contributed by atoms with Crippen LogP contribution in [0.15, 0.2) is 0 Å². The largest absolute Gasteiger partial charge is 0.313 e. The second-order valence-electron chi connectivity index (χ2n) is 2.78. The highest BCUT2D eigenvalue weighted by Gasteiger charge is 2.09.